The first-order valence-corrected chi connectivity index (χ1v) is 3.22. The van der Waals surface area contributed by atoms with E-state index in [9.17, 15) is 0 Å². The van der Waals surface area contributed by atoms with Gasteiger partial charge >= 0.3 is 0 Å². The van der Waals surface area contributed by atoms with Gasteiger partial charge in [-0.25, -0.2) is 9.98 Å². The molecule has 0 N–H and O–H groups in total. The van der Waals surface area contributed by atoms with Crippen LogP contribution >= 0.6 is 0 Å². The first-order chi connectivity index (χ1) is 4.86. The molecule has 0 unspecified atom stereocenters. The van der Waals surface area contributed by atoms with Crippen molar-refractivity contribution in [2.45, 2.75) is 6.92 Å². The Morgan fingerprint density at radius 2 is 1.50 bits per heavy atom. The number of rotatable bonds is 0. The van der Waals surface area contributed by atoms with Crippen molar-refractivity contribution in [3.63, 3.8) is 0 Å². The van der Waals surface area contributed by atoms with E-state index < -0.39 is 0 Å². The van der Waals surface area contributed by atoms with E-state index in [-0.39, 0.29) is 0 Å². The van der Waals surface area contributed by atoms with Gasteiger partial charge in [-0.1, -0.05) is 12.1 Å². The zero-order chi connectivity index (χ0) is 6.97. The van der Waals surface area contributed by atoms with Crippen LogP contribution in [0.4, 0.5) is 0 Å². The third kappa shape index (κ3) is 0.727. The summed E-state index contributed by atoms with van der Waals surface area (Å²) in [5, 5.41) is 1.97. The zero-order valence-electron chi connectivity index (χ0n) is 5.70. The highest BCUT2D eigenvalue weighted by Gasteiger charge is 2.02. The molecule has 0 atom stereocenters. The number of nitrogens with zero attached hydrogens (tertiary/aromatic N) is 2. The molecule has 0 spiro atoms. The number of hydrogen-bond donors (Lipinski definition) is 0. The second-order valence-electron chi connectivity index (χ2n) is 2.26. The summed E-state index contributed by atoms with van der Waals surface area (Å²) in [4.78, 5) is 8.40. The van der Waals surface area contributed by atoms with Crippen molar-refractivity contribution in [3.05, 3.63) is 41.1 Å². The fourth-order valence-electron chi connectivity index (χ4n) is 1.03. The fraction of sp³-hybridized carbons (Fsp3) is 0.125. The van der Waals surface area contributed by atoms with E-state index in [1.54, 1.807) is 0 Å². The minimum Gasteiger partial charge on any atom is -0.249 e. The molecule has 0 saturated carbocycles. The van der Waals surface area contributed by atoms with E-state index in [1.807, 2.05) is 31.2 Å². The van der Waals surface area contributed by atoms with Gasteiger partial charge in [-0.3, -0.25) is 0 Å². The van der Waals surface area contributed by atoms with Crippen molar-refractivity contribution >= 4 is 0 Å². The average Bonchev–Trinajstić information content (AvgIpc) is 2.27. The summed E-state index contributed by atoms with van der Waals surface area (Å²) < 4.78 is 0. The van der Waals surface area contributed by atoms with Gasteiger partial charge in [0, 0.05) is 0 Å². The Morgan fingerprint density at radius 1 is 1.00 bits per heavy atom. The second kappa shape index (κ2) is 1.90. The number of hydrogen-bond acceptors (Lipinski definition) is 2. The van der Waals surface area contributed by atoms with Crippen LogP contribution in [-0.4, -0.2) is 0 Å². The van der Waals surface area contributed by atoms with Gasteiger partial charge in [0.25, 0.3) is 0 Å². The third-order valence-electron chi connectivity index (χ3n) is 1.45. The predicted octanol–water partition coefficient (Wildman–Crippen LogP) is 0.449. The molecule has 2 heteroatoms. The average molecular weight is 131 g/mol. The summed E-state index contributed by atoms with van der Waals surface area (Å²) in [6.45, 7) is 1.90. The van der Waals surface area contributed by atoms with Gasteiger partial charge in [0.05, 0.1) is 10.7 Å². The lowest BCUT2D eigenvalue weighted by atomic mass is 10.3. The Hall–Kier alpha value is -1.18. The monoisotopic (exact) mass is 131 g/mol. The molecule has 1 heterocycles. The molecule has 0 amide bonds. The molecular weight excluding hydrogens is 124 g/mol. The van der Waals surface area contributed by atoms with Crippen LogP contribution in [-0.2, 0) is 0 Å². The highest BCUT2D eigenvalue weighted by molar-refractivity contribution is 5.06. The van der Waals surface area contributed by atoms with Gasteiger partial charge in [0.1, 0.15) is 0 Å². The molecule has 0 fully saturated rings. The van der Waals surface area contributed by atoms with Crippen molar-refractivity contribution in [2.24, 2.45) is 9.98 Å². The van der Waals surface area contributed by atoms with Crippen molar-refractivity contribution in [1.82, 2.24) is 0 Å². The summed E-state index contributed by atoms with van der Waals surface area (Å²) in [6, 6.07) is 7.87. The Labute approximate surface area is 58.9 Å². The number of fused-ring (bicyclic) bond motifs is 1. The highest BCUT2D eigenvalue weighted by Crippen LogP contribution is 2.00. The normalized spacial score (nSPS) is 15.7. The smallest absolute Gasteiger partial charge is 0.193 e. The van der Waals surface area contributed by atoms with Gasteiger partial charge in [-0.05, 0) is 19.1 Å². The zero-order valence-corrected chi connectivity index (χ0v) is 5.70. The lowest BCUT2D eigenvalue weighted by Crippen LogP contribution is -2.19. The summed E-state index contributed by atoms with van der Waals surface area (Å²) in [5.41, 5.74) is 0. The minimum atomic E-state index is 0.848. The molecule has 2 nitrogen and oxygen atoms in total. The second-order valence-corrected chi connectivity index (χ2v) is 2.26. The molecule has 1 aromatic carbocycles. The van der Waals surface area contributed by atoms with E-state index in [0.717, 1.165) is 16.9 Å². The van der Waals surface area contributed by atoms with E-state index in [1.165, 1.54) is 0 Å². The molecule has 1 radical (unpaired) electrons. The number of benzene rings is 1. The summed E-state index contributed by atoms with van der Waals surface area (Å²) in [5.74, 6) is 0. The Kier molecular flexibility index (Phi) is 1.07. The van der Waals surface area contributed by atoms with Crippen LogP contribution in [0.15, 0.2) is 34.3 Å². The summed E-state index contributed by atoms with van der Waals surface area (Å²) in [7, 11) is 0. The van der Waals surface area contributed by atoms with Gasteiger partial charge in [-0.2, -0.15) is 0 Å². The van der Waals surface area contributed by atoms with Crippen molar-refractivity contribution in [2.75, 3.05) is 0 Å². The molecule has 49 valence electrons. The molecule has 1 aliphatic heterocycles. The molecule has 0 aliphatic carbocycles. The van der Waals surface area contributed by atoms with Crippen LogP contribution in [0.3, 0.4) is 0 Å². The Morgan fingerprint density at radius 3 is 2.00 bits per heavy atom. The van der Waals surface area contributed by atoms with Crippen LogP contribution < -0.4 is 10.7 Å². The van der Waals surface area contributed by atoms with Gasteiger partial charge in [0.2, 0.25) is 0 Å². The molecule has 0 aromatic heterocycles. The first kappa shape index (κ1) is 5.59. The topological polar surface area (TPSA) is 24.7 Å². The fourth-order valence-corrected chi connectivity index (χ4v) is 1.03. The minimum absolute atomic E-state index is 0.848. The largest absolute Gasteiger partial charge is 0.249 e. The molecule has 1 aromatic rings. The SMILES string of the molecule is C[C]1N=c2ccccc2=N1. The van der Waals surface area contributed by atoms with Gasteiger partial charge in [0.15, 0.2) is 6.17 Å². The summed E-state index contributed by atoms with van der Waals surface area (Å²) >= 11 is 0. The lowest BCUT2D eigenvalue weighted by molar-refractivity contribution is 0.988. The van der Waals surface area contributed by atoms with E-state index in [0.29, 0.717) is 0 Å². The highest BCUT2D eigenvalue weighted by atomic mass is 15.0. The first-order valence-electron chi connectivity index (χ1n) is 3.22. The van der Waals surface area contributed by atoms with Crippen LogP contribution in [0.5, 0.6) is 0 Å². The van der Waals surface area contributed by atoms with Gasteiger partial charge < -0.3 is 0 Å². The van der Waals surface area contributed by atoms with Crippen molar-refractivity contribution in [1.29, 1.82) is 0 Å². The maximum atomic E-state index is 4.20. The standard InChI is InChI=1S/C8H7N2/c1-6-9-7-4-2-3-5-8(7)10-6/h2-5H,1H3. The van der Waals surface area contributed by atoms with E-state index in [2.05, 4.69) is 9.98 Å². The van der Waals surface area contributed by atoms with E-state index >= 15 is 0 Å². The molecule has 0 bridgehead atoms. The van der Waals surface area contributed by atoms with Crippen molar-refractivity contribution < 1.29 is 0 Å². The maximum Gasteiger partial charge on any atom is 0.193 e. The van der Waals surface area contributed by atoms with Crippen LogP contribution in [0.2, 0.25) is 0 Å². The third-order valence-corrected chi connectivity index (χ3v) is 1.45. The van der Waals surface area contributed by atoms with Crippen LogP contribution in [0, 0.1) is 6.17 Å². The van der Waals surface area contributed by atoms with E-state index in [4.69, 9.17) is 0 Å². The maximum absolute atomic E-state index is 4.20. The Balaban J connectivity index is 2.83. The molecule has 10 heavy (non-hydrogen) atoms. The molecule has 1 aliphatic rings. The summed E-state index contributed by atoms with van der Waals surface area (Å²) in [6.07, 6.45) is 0.848. The number of para-hydroxylation sites is 2. The molecule has 0 saturated heterocycles. The van der Waals surface area contributed by atoms with Gasteiger partial charge in [-0.15, -0.1) is 0 Å². The molecule has 2 rings (SSSR count). The van der Waals surface area contributed by atoms with Crippen LogP contribution in [0.1, 0.15) is 6.92 Å². The lowest BCUT2D eigenvalue weighted by Gasteiger charge is -1.83. The van der Waals surface area contributed by atoms with Crippen LogP contribution in [0.25, 0.3) is 0 Å². The quantitative estimate of drug-likeness (QED) is 0.488. The predicted molar refractivity (Wildman–Crippen MR) is 37.7 cm³/mol. The Bertz CT molecular complexity index is 319. The van der Waals surface area contributed by atoms with Crippen molar-refractivity contribution in [3.8, 4) is 0 Å². The molecular formula is C8H7N2.